The van der Waals surface area contributed by atoms with Gasteiger partial charge in [-0.3, -0.25) is 14.7 Å². The molecule has 7 nitrogen and oxygen atoms in total. The van der Waals surface area contributed by atoms with Gasteiger partial charge in [-0.25, -0.2) is 0 Å². The van der Waals surface area contributed by atoms with E-state index in [4.69, 9.17) is 4.74 Å². The molecule has 0 radical (unpaired) electrons. The first kappa shape index (κ1) is 16.0. The maximum Gasteiger partial charge on any atom is 0.230 e. The highest BCUT2D eigenvalue weighted by atomic mass is 16.5. The second kappa shape index (κ2) is 6.74. The molecule has 1 fully saturated rings. The van der Waals surface area contributed by atoms with E-state index in [0.717, 1.165) is 11.3 Å². The molecule has 2 heterocycles. The molecule has 1 aliphatic heterocycles. The van der Waals surface area contributed by atoms with Crippen LogP contribution in [0.1, 0.15) is 24.4 Å². The fourth-order valence-electron chi connectivity index (χ4n) is 3.12. The lowest BCUT2D eigenvalue weighted by molar-refractivity contribution is -0.140. The van der Waals surface area contributed by atoms with Crippen molar-refractivity contribution in [2.45, 2.75) is 18.9 Å². The van der Waals surface area contributed by atoms with Crippen LogP contribution in [0.25, 0.3) is 0 Å². The number of rotatable bonds is 4. The summed E-state index contributed by atoms with van der Waals surface area (Å²) < 4.78 is 5.18. The quantitative estimate of drug-likeness (QED) is 0.898. The van der Waals surface area contributed by atoms with E-state index in [1.807, 2.05) is 24.3 Å². The van der Waals surface area contributed by atoms with Crippen LogP contribution in [0.2, 0.25) is 0 Å². The second-order valence-corrected chi connectivity index (χ2v) is 5.84. The summed E-state index contributed by atoms with van der Waals surface area (Å²) in [6, 6.07) is 7.18. The van der Waals surface area contributed by atoms with Crippen LogP contribution in [0, 0.1) is 5.92 Å². The van der Waals surface area contributed by atoms with Gasteiger partial charge >= 0.3 is 0 Å². The Morgan fingerprint density at radius 1 is 1.38 bits per heavy atom. The van der Waals surface area contributed by atoms with Crippen LogP contribution in [-0.4, -0.2) is 41.1 Å². The number of nitrogens with one attached hydrogen (secondary N) is 2. The molecule has 0 aliphatic carbocycles. The lowest BCUT2D eigenvalue weighted by Gasteiger charge is -2.38. The first-order valence-corrected chi connectivity index (χ1v) is 7.79. The normalized spacial score (nSPS) is 20.8. The van der Waals surface area contributed by atoms with E-state index >= 15 is 0 Å². The number of likely N-dealkylation sites (tertiary alicyclic amines) is 1. The zero-order chi connectivity index (χ0) is 17.1. The minimum Gasteiger partial charge on any atom is -0.497 e. The first-order valence-electron chi connectivity index (χ1n) is 7.79. The zero-order valence-corrected chi connectivity index (χ0v) is 13.7. The Bertz CT molecular complexity index is 712. The van der Waals surface area contributed by atoms with E-state index in [-0.39, 0.29) is 23.8 Å². The van der Waals surface area contributed by atoms with Gasteiger partial charge in [-0.05, 0) is 24.1 Å². The van der Waals surface area contributed by atoms with Gasteiger partial charge in [-0.15, -0.1) is 0 Å². The average Bonchev–Trinajstić information content (AvgIpc) is 3.10. The van der Waals surface area contributed by atoms with Crippen molar-refractivity contribution in [3.05, 3.63) is 42.2 Å². The number of aromatic amines is 1. The van der Waals surface area contributed by atoms with Crippen molar-refractivity contribution in [3.8, 4) is 5.75 Å². The molecule has 0 saturated carbocycles. The van der Waals surface area contributed by atoms with Crippen LogP contribution in [0.4, 0.5) is 5.69 Å². The number of carbonyl (C=O) groups is 2. The number of methoxy groups -OCH3 is 1. The number of anilines is 1. The van der Waals surface area contributed by atoms with Crippen molar-refractivity contribution in [2.75, 3.05) is 19.5 Å². The molecule has 126 valence electrons. The summed E-state index contributed by atoms with van der Waals surface area (Å²) in [6.45, 7) is 0. The summed E-state index contributed by atoms with van der Waals surface area (Å²) in [5.74, 6) is 0.346. The Kier molecular flexibility index (Phi) is 4.50. The van der Waals surface area contributed by atoms with Gasteiger partial charge in [-0.2, -0.15) is 5.10 Å². The van der Waals surface area contributed by atoms with Crippen molar-refractivity contribution < 1.29 is 14.3 Å². The van der Waals surface area contributed by atoms with Crippen LogP contribution in [0.15, 0.2) is 36.7 Å². The summed E-state index contributed by atoms with van der Waals surface area (Å²) >= 11 is 0. The lowest BCUT2D eigenvalue weighted by Crippen LogP contribution is -2.44. The SMILES string of the molecule is COc1ccc(C2C(C(=O)Nc3cn[nH]c3)CCC(=O)N2C)cc1. The van der Waals surface area contributed by atoms with E-state index in [0.29, 0.717) is 18.5 Å². The van der Waals surface area contributed by atoms with Gasteiger partial charge in [0, 0.05) is 19.7 Å². The Hall–Kier alpha value is -2.83. The molecule has 3 rings (SSSR count). The first-order chi connectivity index (χ1) is 11.6. The number of H-pyrrole nitrogens is 1. The van der Waals surface area contributed by atoms with Gasteiger partial charge in [0.25, 0.3) is 0 Å². The summed E-state index contributed by atoms with van der Waals surface area (Å²) in [6.07, 6.45) is 4.06. The van der Waals surface area contributed by atoms with Crippen molar-refractivity contribution in [1.29, 1.82) is 0 Å². The highest BCUT2D eigenvalue weighted by Gasteiger charge is 2.38. The number of hydrogen-bond donors (Lipinski definition) is 2. The van der Waals surface area contributed by atoms with Gasteiger partial charge < -0.3 is 15.0 Å². The lowest BCUT2D eigenvalue weighted by atomic mass is 9.84. The van der Waals surface area contributed by atoms with Crippen LogP contribution >= 0.6 is 0 Å². The molecule has 1 saturated heterocycles. The fraction of sp³-hybridized carbons (Fsp3) is 0.353. The Morgan fingerprint density at radius 2 is 2.12 bits per heavy atom. The zero-order valence-electron chi connectivity index (χ0n) is 13.7. The summed E-state index contributed by atoms with van der Waals surface area (Å²) in [7, 11) is 3.35. The Balaban J connectivity index is 1.87. The van der Waals surface area contributed by atoms with Gasteiger partial charge in [0.1, 0.15) is 5.75 Å². The van der Waals surface area contributed by atoms with E-state index in [2.05, 4.69) is 15.5 Å². The predicted octanol–water partition coefficient (Wildman–Crippen LogP) is 1.97. The Morgan fingerprint density at radius 3 is 2.75 bits per heavy atom. The van der Waals surface area contributed by atoms with Gasteiger partial charge in [0.2, 0.25) is 11.8 Å². The Labute approximate surface area is 140 Å². The summed E-state index contributed by atoms with van der Waals surface area (Å²) in [5.41, 5.74) is 1.53. The molecule has 1 aliphatic rings. The molecule has 0 spiro atoms. The third kappa shape index (κ3) is 3.10. The molecule has 24 heavy (non-hydrogen) atoms. The number of ether oxygens (including phenoxy) is 1. The standard InChI is InChI=1S/C17H20N4O3/c1-21-15(22)8-7-14(17(23)20-12-9-18-19-10-12)16(21)11-3-5-13(24-2)6-4-11/h3-6,9-10,14,16H,7-8H2,1-2H3,(H,18,19)(H,20,23). The molecule has 2 amide bonds. The number of piperidine rings is 1. The smallest absolute Gasteiger partial charge is 0.230 e. The maximum atomic E-state index is 12.7. The highest BCUT2D eigenvalue weighted by Crippen LogP contribution is 2.37. The molecule has 2 atom stereocenters. The van der Waals surface area contributed by atoms with Crippen LogP contribution in [0.5, 0.6) is 5.75 Å². The third-order valence-electron chi connectivity index (χ3n) is 4.42. The molecule has 1 aromatic heterocycles. The van der Waals surface area contributed by atoms with Crippen molar-refractivity contribution in [1.82, 2.24) is 15.1 Å². The summed E-state index contributed by atoms with van der Waals surface area (Å²) in [5, 5.41) is 9.35. The average molecular weight is 328 g/mol. The highest BCUT2D eigenvalue weighted by molar-refractivity contribution is 5.94. The van der Waals surface area contributed by atoms with Crippen LogP contribution in [0.3, 0.4) is 0 Å². The molecule has 2 unspecified atom stereocenters. The van der Waals surface area contributed by atoms with Crippen molar-refractivity contribution in [2.24, 2.45) is 5.92 Å². The maximum absolute atomic E-state index is 12.7. The predicted molar refractivity (Wildman–Crippen MR) is 88.4 cm³/mol. The molecular formula is C17H20N4O3. The number of nitrogens with zero attached hydrogens (tertiary/aromatic N) is 2. The van der Waals surface area contributed by atoms with Gasteiger partial charge in [0.05, 0.1) is 31.0 Å². The number of hydrogen-bond acceptors (Lipinski definition) is 4. The summed E-state index contributed by atoms with van der Waals surface area (Å²) in [4.78, 5) is 26.5. The van der Waals surface area contributed by atoms with Crippen molar-refractivity contribution in [3.63, 3.8) is 0 Å². The minimum absolute atomic E-state index is 0.0446. The van der Waals surface area contributed by atoms with E-state index in [9.17, 15) is 9.59 Å². The van der Waals surface area contributed by atoms with E-state index in [1.54, 1.807) is 31.5 Å². The third-order valence-corrected chi connectivity index (χ3v) is 4.42. The molecule has 2 N–H and O–H groups in total. The van der Waals surface area contributed by atoms with Crippen LogP contribution in [-0.2, 0) is 9.59 Å². The van der Waals surface area contributed by atoms with E-state index < -0.39 is 0 Å². The molecule has 2 aromatic rings. The number of carbonyl (C=O) groups excluding carboxylic acids is 2. The van der Waals surface area contributed by atoms with Gasteiger partial charge in [-0.1, -0.05) is 12.1 Å². The number of amides is 2. The molecule has 7 heteroatoms. The fourth-order valence-corrected chi connectivity index (χ4v) is 3.12. The minimum atomic E-state index is -0.323. The monoisotopic (exact) mass is 328 g/mol. The number of aromatic nitrogens is 2. The molecule has 1 aromatic carbocycles. The molecule has 0 bridgehead atoms. The second-order valence-electron chi connectivity index (χ2n) is 5.84. The largest absolute Gasteiger partial charge is 0.497 e. The van der Waals surface area contributed by atoms with Crippen molar-refractivity contribution >= 4 is 17.5 Å². The van der Waals surface area contributed by atoms with E-state index in [1.165, 1.54) is 0 Å². The van der Waals surface area contributed by atoms with Crippen LogP contribution < -0.4 is 10.1 Å². The molecular weight excluding hydrogens is 308 g/mol. The van der Waals surface area contributed by atoms with Gasteiger partial charge in [0.15, 0.2) is 0 Å². The topological polar surface area (TPSA) is 87.3 Å². The number of benzene rings is 1.